The number of aliphatic hydroxyl groups is 2. The molecule has 2 aromatic rings. The lowest BCUT2D eigenvalue weighted by atomic mass is 9.47. The molecule has 7 heteroatoms. The third-order valence-corrected chi connectivity index (χ3v) is 9.42. The number of carbonyl (C=O) groups is 1. The highest BCUT2D eigenvalue weighted by atomic mass is 32.1. The Hall–Kier alpha value is -1.96. The second kappa shape index (κ2) is 9.35. The topological polar surface area (TPSA) is 85.7 Å². The van der Waals surface area contributed by atoms with Crippen LogP contribution in [0.3, 0.4) is 0 Å². The first kappa shape index (κ1) is 24.2. The van der Waals surface area contributed by atoms with Gasteiger partial charge in [-0.05, 0) is 56.6 Å². The number of aromatic nitrogens is 1. The molecule has 1 aromatic carbocycles. The summed E-state index contributed by atoms with van der Waals surface area (Å²) >= 11 is 1.64. The van der Waals surface area contributed by atoms with Crippen molar-refractivity contribution in [2.75, 3.05) is 25.0 Å². The van der Waals surface area contributed by atoms with Crippen LogP contribution in [0.2, 0.25) is 0 Å². The van der Waals surface area contributed by atoms with Crippen molar-refractivity contribution in [3.05, 3.63) is 40.9 Å². The number of para-hydroxylation sites is 1. The summed E-state index contributed by atoms with van der Waals surface area (Å²) in [7, 11) is 0. The number of benzene rings is 1. The Kier molecular flexibility index (Phi) is 6.85. The molecule has 1 aromatic heterocycles. The molecule has 5 unspecified atom stereocenters. The molecule has 5 atom stereocenters. The highest BCUT2D eigenvalue weighted by molar-refractivity contribution is 7.15. The van der Waals surface area contributed by atoms with E-state index in [1.54, 1.807) is 11.3 Å². The molecule has 4 rings (SSSR count). The zero-order valence-corrected chi connectivity index (χ0v) is 21.0. The Morgan fingerprint density at radius 3 is 2.58 bits per heavy atom. The molecule has 0 bridgehead atoms. The van der Waals surface area contributed by atoms with Gasteiger partial charge < -0.3 is 20.4 Å². The number of aliphatic hydroxyl groups excluding tert-OH is 2. The second-order valence-corrected chi connectivity index (χ2v) is 11.2. The van der Waals surface area contributed by atoms with E-state index in [0.29, 0.717) is 25.9 Å². The Balaban J connectivity index is 1.76. The van der Waals surface area contributed by atoms with Crippen molar-refractivity contribution >= 4 is 28.1 Å². The molecule has 1 heterocycles. The molecule has 180 valence electrons. The smallest absolute Gasteiger partial charge is 0.223 e. The third-order valence-electron chi connectivity index (χ3n) is 8.41. The third kappa shape index (κ3) is 4.19. The van der Waals surface area contributed by atoms with Gasteiger partial charge in [-0.25, -0.2) is 4.98 Å². The van der Waals surface area contributed by atoms with Crippen LogP contribution in [0.1, 0.15) is 63.4 Å². The Labute approximate surface area is 201 Å². The van der Waals surface area contributed by atoms with Crippen LogP contribution >= 0.6 is 11.3 Å². The van der Waals surface area contributed by atoms with Gasteiger partial charge in [0.2, 0.25) is 5.91 Å². The van der Waals surface area contributed by atoms with Crippen LogP contribution in [-0.4, -0.2) is 51.8 Å². The maximum Gasteiger partial charge on any atom is 0.223 e. The lowest BCUT2D eigenvalue weighted by Gasteiger charge is -2.58. The van der Waals surface area contributed by atoms with Gasteiger partial charge in [0.25, 0.3) is 0 Å². The van der Waals surface area contributed by atoms with Gasteiger partial charge in [-0.3, -0.25) is 4.79 Å². The van der Waals surface area contributed by atoms with E-state index in [0.717, 1.165) is 29.4 Å². The standard InChI is InChI=1S/C26H37N3O3S/c1-5-29(6-2)22(32)14-18-23-19(33-24(28-23)27-17-10-8-7-9-11-17)15-20-25(18,3)13-12-21(31)26(20,4)16-30/h7-11,18,20-21,30-31H,5-6,12-16H2,1-4H3,(H,27,28). The minimum atomic E-state index is -0.599. The number of anilines is 2. The number of nitrogens with one attached hydrogen (secondary N) is 1. The second-order valence-electron chi connectivity index (χ2n) is 10.1. The molecular weight excluding hydrogens is 434 g/mol. The number of hydrogen-bond donors (Lipinski definition) is 3. The molecule has 1 amide bonds. The van der Waals surface area contributed by atoms with Crippen molar-refractivity contribution in [2.24, 2.45) is 16.7 Å². The van der Waals surface area contributed by atoms with Crippen LogP contribution < -0.4 is 5.32 Å². The van der Waals surface area contributed by atoms with E-state index >= 15 is 0 Å². The molecule has 3 N–H and O–H groups in total. The molecule has 2 aliphatic rings. The lowest BCUT2D eigenvalue weighted by Crippen LogP contribution is -2.57. The number of nitrogens with zero attached hydrogens (tertiary/aromatic N) is 2. The first-order valence-corrected chi connectivity index (χ1v) is 13.0. The Morgan fingerprint density at radius 1 is 1.24 bits per heavy atom. The highest BCUT2D eigenvalue weighted by Gasteiger charge is 2.59. The van der Waals surface area contributed by atoms with Crippen LogP contribution in [0.15, 0.2) is 30.3 Å². The van der Waals surface area contributed by atoms with Crippen molar-refractivity contribution in [3.8, 4) is 0 Å². The van der Waals surface area contributed by atoms with Gasteiger partial charge in [0.1, 0.15) is 0 Å². The van der Waals surface area contributed by atoms with Crippen LogP contribution in [0.4, 0.5) is 10.8 Å². The predicted molar refractivity (Wildman–Crippen MR) is 133 cm³/mol. The monoisotopic (exact) mass is 471 g/mol. The zero-order valence-electron chi connectivity index (χ0n) is 20.2. The van der Waals surface area contributed by atoms with E-state index in [4.69, 9.17) is 4.98 Å². The van der Waals surface area contributed by atoms with Crippen molar-refractivity contribution in [1.29, 1.82) is 0 Å². The number of hydrogen-bond acceptors (Lipinski definition) is 6. The van der Waals surface area contributed by atoms with Gasteiger partial charge in [-0.15, -0.1) is 11.3 Å². The average molecular weight is 472 g/mol. The van der Waals surface area contributed by atoms with Gasteiger partial charge in [-0.1, -0.05) is 32.0 Å². The highest BCUT2D eigenvalue weighted by Crippen LogP contribution is 2.63. The first-order chi connectivity index (χ1) is 15.8. The predicted octanol–water partition coefficient (Wildman–Crippen LogP) is 4.56. The molecule has 0 radical (unpaired) electrons. The van der Waals surface area contributed by atoms with E-state index < -0.39 is 11.5 Å². The van der Waals surface area contributed by atoms with Crippen LogP contribution in [0.25, 0.3) is 0 Å². The fraction of sp³-hybridized carbons (Fsp3) is 0.615. The molecule has 0 spiro atoms. The summed E-state index contributed by atoms with van der Waals surface area (Å²) in [6, 6.07) is 10.00. The van der Waals surface area contributed by atoms with E-state index in [1.807, 2.05) is 56.0 Å². The summed E-state index contributed by atoms with van der Waals surface area (Å²) < 4.78 is 0. The maximum atomic E-state index is 13.3. The molecule has 2 aliphatic carbocycles. The first-order valence-electron chi connectivity index (χ1n) is 12.1. The van der Waals surface area contributed by atoms with Crippen molar-refractivity contribution in [3.63, 3.8) is 0 Å². The number of thiazole rings is 1. The zero-order chi connectivity index (χ0) is 23.8. The largest absolute Gasteiger partial charge is 0.396 e. The summed E-state index contributed by atoms with van der Waals surface area (Å²) in [5, 5.41) is 25.6. The van der Waals surface area contributed by atoms with Crippen LogP contribution in [-0.2, 0) is 11.2 Å². The van der Waals surface area contributed by atoms with Crippen molar-refractivity contribution < 1.29 is 15.0 Å². The van der Waals surface area contributed by atoms with Gasteiger partial charge in [0, 0.05) is 41.4 Å². The molecule has 1 saturated carbocycles. The van der Waals surface area contributed by atoms with Crippen molar-refractivity contribution in [2.45, 2.75) is 65.4 Å². The summed E-state index contributed by atoms with van der Waals surface area (Å²) in [5.41, 5.74) is 1.19. The maximum absolute atomic E-state index is 13.3. The minimum Gasteiger partial charge on any atom is -0.396 e. The fourth-order valence-corrected chi connectivity index (χ4v) is 7.31. The average Bonchev–Trinajstić information content (AvgIpc) is 3.21. The summed E-state index contributed by atoms with van der Waals surface area (Å²) in [5.74, 6) is 0.186. The molecule has 1 fully saturated rings. The Morgan fingerprint density at radius 2 is 1.94 bits per heavy atom. The number of rotatable bonds is 7. The van der Waals surface area contributed by atoms with Gasteiger partial charge in [0.05, 0.1) is 18.4 Å². The van der Waals surface area contributed by atoms with Crippen LogP contribution in [0.5, 0.6) is 0 Å². The lowest BCUT2D eigenvalue weighted by molar-refractivity contribution is -0.147. The fourth-order valence-electron chi connectivity index (χ4n) is 6.22. The number of carbonyl (C=O) groups excluding carboxylic acids is 1. The normalized spacial score (nSPS) is 30.9. The summed E-state index contributed by atoms with van der Waals surface area (Å²) in [6.07, 6.45) is 2.09. The number of fused-ring (bicyclic) bond motifs is 2. The Bertz CT molecular complexity index is 976. The molecule has 6 nitrogen and oxygen atoms in total. The summed E-state index contributed by atoms with van der Waals surface area (Å²) in [4.78, 5) is 21.4. The van der Waals surface area contributed by atoms with E-state index in [9.17, 15) is 15.0 Å². The van der Waals surface area contributed by atoms with E-state index in [2.05, 4.69) is 12.2 Å². The quantitative estimate of drug-likeness (QED) is 0.551. The molecular formula is C26H37N3O3S. The van der Waals surface area contributed by atoms with Gasteiger partial charge >= 0.3 is 0 Å². The van der Waals surface area contributed by atoms with Crippen LogP contribution in [0, 0.1) is 16.7 Å². The minimum absolute atomic E-state index is 0.0414. The van der Waals surface area contributed by atoms with E-state index in [1.165, 1.54) is 4.88 Å². The summed E-state index contributed by atoms with van der Waals surface area (Å²) in [6.45, 7) is 9.63. The van der Waals surface area contributed by atoms with E-state index in [-0.39, 0.29) is 29.8 Å². The van der Waals surface area contributed by atoms with Gasteiger partial charge in [0.15, 0.2) is 5.13 Å². The van der Waals surface area contributed by atoms with Gasteiger partial charge in [-0.2, -0.15) is 0 Å². The molecule has 33 heavy (non-hydrogen) atoms. The number of amides is 1. The SMILES string of the molecule is CCN(CC)C(=O)CC1c2nc(Nc3ccccc3)sc2CC2C(C)(CO)C(O)CCC12C. The molecule has 0 saturated heterocycles. The van der Waals surface area contributed by atoms with Crippen molar-refractivity contribution in [1.82, 2.24) is 9.88 Å². The molecule has 0 aliphatic heterocycles.